The number of carbonyl (C=O) groups excluding carboxylic acids is 4. The SMILES string of the molecule is CCNc1cc2oc3cc(=[NH+]CC)c(C)cc-3c(-c3cc(C(=O)NCCSSCOCCCCCNC(=O)NCC#CC4CNC(=O)NC4=O)ccc3C(=O)O)c2cc1C. The van der Waals surface area contributed by atoms with Crippen molar-refractivity contribution in [3.05, 3.63) is 70.1 Å². The molecule has 1 fully saturated rings. The monoisotopic (exact) mass is 858 g/mol. The molecule has 6 amide bonds. The van der Waals surface area contributed by atoms with Crippen LogP contribution in [-0.4, -0.2) is 92.5 Å². The summed E-state index contributed by atoms with van der Waals surface area (Å²) in [7, 11) is 3.13. The van der Waals surface area contributed by atoms with Gasteiger partial charge in [-0.2, -0.15) is 0 Å². The van der Waals surface area contributed by atoms with E-state index in [9.17, 15) is 29.1 Å². The summed E-state index contributed by atoms with van der Waals surface area (Å²) < 4.78 is 12.2. The van der Waals surface area contributed by atoms with Crippen LogP contribution in [0.2, 0.25) is 0 Å². The molecule has 1 saturated heterocycles. The average Bonchev–Trinajstić information content (AvgIpc) is 3.21. The lowest BCUT2D eigenvalue weighted by molar-refractivity contribution is -0.496. The summed E-state index contributed by atoms with van der Waals surface area (Å²) >= 11 is 0. The Kier molecular flexibility index (Phi) is 17.1. The van der Waals surface area contributed by atoms with Gasteiger partial charge in [-0.25, -0.2) is 19.4 Å². The van der Waals surface area contributed by atoms with Gasteiger partial charge in [0.2, 0.25) is 11.3 Å². The molecule has 2 aromatic rings. The number of benzene rings is 3. The highest BCUT2D eigenvalue weighted by atomic mass is 33.1. The summed E-state index contributed by atoms with van der Waals surface area (Å²) in [5.74, 6) is 4.69. The normalized spacial score (nSPS) is 13.9. The number of carbonyl (C=O) groups is 5. The molecular formula is C43H52N7O8S2+. The molecule has 15 nitrogen and oxygen atoms in total. The Morgan fingerprint density at radius 1 is 0.967 bits per heavy atom. The Labute approximate surface area is 356 Å². The zero-order valence-corrected chi connectivity index (χ0v) is 35.9. The van der Waals surface area contributed by atoms with Crippen LogP contribution in [0.5, 0.6) is 0 Å². The van der Waals surface area contributed by atoms with E-state index >= 15 is 0 Å². The van der Waals surface area contributed by atoms with Gasteiger partial charge in [0.05, 0.1) is 18.2 Å². The number of hydrogen-bond acceptors (Lipinski definition) is 10. The van der Waals surface area contributed by atoms with Crippen LogP contribution in [0.25, 0.3) is 33.4 Å². The first-order valence-corrected chi connectivity index (χ1v) is 22.4. The van der Waals surface area contributed by atoms with Gasteiger partial charge in [-0.15, -0.1) is 0 Å². The van der Waals surface area contributed by atoms with Crippen molar-refractivity contribution in [2.24, 2.45) is 5.92 Å². The number of urea groups is 2. The topological polar surface area (TPSA) is 214 Å². The van der Waals surface area contributed by atoms with Gasteiger partial charge in [0.25, 0.3) is 5.91 Å². The molecule has 0 aromatic heterocycles. The molecular weight excluding hydrogens is 807 g/mol. The first-order chi connectivity index (χ1) is 29.0. The molecule has 60 heavy (non-hydrogen) atoms. The number of rotatable bonds is 19. The number of aryl methyl sites for hydroxylation is 2. The zero-order chi connectivity index (χ0) is 43.0. The predicted octanol–water partition coefficient (Wildman–Crippen LogP) is 3.97. The Balaban J connectivity index is 1.07. The van der Waals surface area contributed by atoms with E-state index in [2.05, 4.69) is 48.7 Å². The van der Waals surface area contributed by atoms with Gasteiger partial charge in [0.1, 0.15) is 29.7 Å². The van der Waals surface area contributed by atoms with Crippen LogP contribution in [0.4, 0.5) is 15.3 Å². The second kappa shape index (κ2) is 22.6. The Bertz CT molecular complexity index is 2320. The zero-order valence-electron chi connectivity index (χ0n) is 34.2. The van der Waals surface area contributed by atoms with Crippen LogP contribution in [0.15, 0.2) is 46.9 Å². The molecule has 3 aliphatic rings. The maximum Gasteiger partial charge on any atom is 0.336 e. The number of ether oxygens (including phenoxy) is 1. The van der Waals surface area contributed by atoms with Gasteiger partial charge in [-0.1, -0.05) is 33.4 Å². The molecule has 0 saturated carbocycles. The standard InChI is InChI=1S/C43H51N7O8S2/c1-5-44-34-22-36-32(19-26(34)3)38(33-20-27(4)35(45-6-2)23-37(33)58-36)31-21-28(12-13-30(31)41(53)54)39(51)46-16-18-59-60-25-57-17-9-7-8-14-47-42(55)48-15-10-11-29-24-49-43(56)50-40(29)52/h12-13,19-23,29,44H,5-9,14-18,24-25H2,1-4H3,(H,46,51)(H,53,54)(H2,47,48,55)(H2,49,50,52,56)/p+1. The van der Waals surface area contributed by atoms with Crippen LogP contribution in [0.3, 0.4) is 0 Å². The highest BCUT2D eigenvalue weighted by Gasteiger charge is 2.26. The fourth-order valence-corrected chi connectivity index (χ4v) is 8.11. The number of anilines is 1. The van der Waals surface area contributed by atoms with Crippen molar-refractivity contribution in [3.8, 4) is 34.3 Å². The van der Waals surface area contributed by atoms with Crippen LogP contribution in [0, 0.1) is 31.6 Å². The van der Waals surface area contributed by atoms with Crippen molar-refractivity contribution in [3.63, 3.8) is 0 Å². The lowest BCUT2D eigenvalue weighted by Crippen LogP contribution is -2.76. The van der Waals surface area contributed by atoms with Crippen molar-refractivity contribution in [1.82, 2.24) is 26.6 Å². The van der Waals surface area contributed by atoms with Gasteiger partial charge in [-0.05, 0) is 88.4 Å². The van der Waals surface area contributed by atoms with E-state index in [1.54, 1.807) is 33.7 Å². The second-order valence-corrected chi connectivity index (χ2v) is 16.4. The minimum absolute atomic E-state index is 0.0831. The highest BCUT2D eigenvalue weighted by molar-refractivity contribution is 8.76. The predicted molar refractivity (Wildman–Crippen MR) is 235 cm³/mol. The number of imide groups is 1. The number of fused-ring (bicyclic) bond motifs is 2. The summed E-state index contributed by atoms with van der Waals surface area (Å²) in [6, 6.07) is 11.7. The molecule has 8 N–H and O–H groups in total. The van der Waals surface area contributed by atoms with Crippen molar-refractivity contribution in [2.45, 2.75) is 47.0 Å². The Morgan fingerprint density at radius 3 is 2.57 bits per heavy atom. The molecule has 1 aliphatic carbocycles. The maximum atomic E-state index is 13.4. The van der Waals surface area contributed by atoms with Crippen molar-refractivity contribution >= 4 is 68.1 Å². The molecule has 0 spiro atoms. The van der Waals surface area contributed by atoms with Crippen molar-refractivity contribution in [1.29, 1.82) is 0 Å². The summed E-state index contributed by atoms with van der Waals surface area (Å²) in [4.78, 5) is 64.2. The molecule has 17 heteroatoms. The van der Waals surface area contributed by atoms with Crippen LogP contribution < -0.4 is 42.3 Å². The number of aromatic carboxylic acids is 1. The molecule has 0 radical (unpaired) electrons. The molecule has 2 aromatic carbocycles. The first-order valence-electron chi connectivity index (χ1n) is 19.9. The van der Waals surface area contributed by atoms with E-state index in [-0.39, 0.29) is 30.6 Å². The molecule has 2 heterocycles. The van der Waals surface area contributed by atoms with E-state index in [4.69, 9.17) is 9.15 Å². The number of unbranched alkanes of at least 4 members (excludes halogenated alkanes) is 2. The first kappa shape index (κ1) is 45.4. The quantitative estimate of drug-likeness (QED) is 0.0222. The van der Waals surface area contributed by atoms with E-state index in [0.717, 1.165) is 65.5 Å². The second-order valence-electron chi connectivity index (χ2n) is 13.9. The highest BCUT2D eigenvalue weighted by Crippen LogP contribution is 2.43. The van der Waals surface area contributed by atoms with Crippen molar-refractivity contribution < 1.29 is 43.2 Å². The Hall–Kier alpha value is -5.70. The third-order valence-electron chi connectivity index (χ3n) is 9.50. The molecule has 1 unspecified atom stereocenters. The Morgan fingerprint density at radius 2 is 1.80 bits per heavy atom. The lowest BCUT2D eigenvalue weighted by Gasteiger charge is -2.19. The van der Waals surface area contributed by atoms with Crippen molar-refractivity contribution in [2.75, 3.05) is 62.9 Å². The van der Waals surface area contributed by atoms with E-state index in [1.165, 1.54) is 6.07 Å². The van der Waals surface area contributed by atoms with Gasteiger partial charge >= 0.3 is 18.0 Å². The van der Waals surface area contributed by atoms with E-state index < -0.39 is 23.8 Å². The minimum Gasteiger partial charge on any atom is -0.478 e. The number of carboxylic acids is 1. The van der Waals surface area contributed by atoms with Gasteiger partial charge in [0, 0.05) is 77.9 Å². The van der Waals surface area contributed by atoms with Gasteiger partial charge in [-0.3, -0.25) is 14.9 Å². The number of carboxylic acid groups (broad SMARTS) is 1. The van der Waals surface area contributed by atoms with Crippen LogP contribution >= 0.6 is 21.6 Å². The number of amides is 6. The summed E-state index contributed by atoms with van der Waals surface area (Å²) in [5, 5.41) is 28.4. The smallest absolute Gasteiger partial charge is 0.336 e. The largest absolute Gasteiger partial charge is 0.478 e. The van der Waals surface area contributed by atoms with E-state index in [1.807, 2.05) is 52.0 Å². The molecule has 2 aliphatic heterocycles. The molecule has 318 valence electrons. The number of nitrogens with one attached hydrogen (secondary N) is 7. The fraction of sp³-hybridized carbons (Fsp3) is 0.395. The van der Waals surface area contributed by atoms with Crippen LogP contribution in [-0.2, 0) is 9.53 Å². The average molecular weight is 859 g/mol. The fourth-order valence-electron chi connectivity index (χ4n) is 6.54. The molecule has 0 bridgehead atoms. The molecule has 5 rings (SSSR count). The third-order valence-corrected chi connectivity index (χ3v) is 11.6. The lowest BCUT2D eigenvalue weighted by atomic mass is 9.88. The maximum absolute atomic E-state index is 13.4. The summed E-state index contributed by atoms with van der Waals surface area (Å²) in [6.07, 6.45) is 2.51. The van der Waals surface area contributed by atoms with Gasteiger partial charge < -0.3 is 40.8 Å². The third kappa shape index (κ3) is 12.4. The van der Waals surface area contributed by atoms with Crippen LogP contribution in [0.1, 0.15) is 65.0 Å². The summed E-state index contributed by atoms with van der Waals surface area (Å²) in [5.41, 5.74) is 5.78. The minimum atomic E-state index is -1.10. The molecule has 1 atom stereocenters. The summed E-state index contributed by atoms with van der Waals surface area (Å²) in [6.45, 7) is 11.2. The van der Waals surface area contributed by atoms with Gasteiger partial charge in [0.15, 0.2) is 0 Å². The number of hydrogen-bond donors (Lipinski definition) is 8. The van der Waals surface area contributed by atoms with E-state index in [0.29, 0.717) is 59.4 Å².